The van der Waals surface area contributed by atoms with E-state index in [1.54, 1.807) is 5.57 Å². The summed E-state index contributed by atoms with van der Waals surface area (Å²) in [6.07, 6.45) is 6.12. The third-order valence-electron chi connectivity index (χ3n) is 4.19. The third-order valence-corrected chi connectivity index (χ3v) is 4.19. The number of hydrogen-bond donors (Lipinski definition) is 1. The summed E-state index contributed by atoms with van der Waals surface area (Å²) in [6, 6.07) is 0. The van der Waals surface area contributed by atoms with Crippen LogP contribution in [0.3, 0.4) is 0 Å². The maximum absolute atomic E-state index is 5.48. The van der Waals surface area contributed by atoms with E-state index < -0.39 is 0 Å². The molecule has 0 saturated carbocycles. The highest BCUT2D eigenvalue weighted by molar-refractivity contribution is 5.04. The molecule has 0 atom stereocenters. The van der Waals surface area contributed by atoms with Crippen molar-refractivity contribution in [1.82, 2.24) is 10.2 Å². The molecule has 2 aliphatic heterocycles. The highest BCUT2D eigenvalue weighted by Crippen LogP contribution is 2.31. The molecule has 17 heavy (non-hydrogen) atoms. The van der Waals surface area contributed by atoms with Crippen LogP contribution < -0.4 is 5.32 Å². The van der Waals surface area contributed by atoms with Crippen molar-refractivity contribution in [2.45, 2.75) is 26.2 Å². The van der Waals surface area contributed by atoms with E-state index in [2.05, 4.69) is 23.2 Å². The van der Waals surface area contributed by atoms with Gasteiger partial charge in [-0.25, -0.2) is 0 Å². The van der Waals surface area contributed by atoms with Crippen molar-refractivity contribution in [3.8, 4) is 0 Å². The first-order valence-corrected chi connectivity index (χ1v) is 6.82. The molecule has 3 heteroatoms. The number of nitrogens with one attached hydrogen (secondary N) is 1. The molecule has 0 radical (unpaired) electrons. The Hall–Kier alpha value is -0.380. The molecule has 0 unspecified atom stereocenters. The summed E-state index contributed by atoms with van der Waals surface area (Å²) in [5, 5.41) is 3.46. The van der Waals surface area contributed by atoms with Crippen molar-refractivity contribution in [3.63, 3.8) is 0 Å². The summed E-state index contributed by atoms with van der Waals surface area (Å²) < 4.78 is 5.48. The van der Waals surface area contributed by atoms with Crippen LogP contribution in [0.1, 0.15) is 26.2 Å². The normalized spacial score (nSPS) is 25.6. The highest BCUT2D eigenvalue weighted by Gasteiger charge is 2.34. The van der Waals surface area contributed by atoms with Crippen LogP contribution in [-0.2, 0) is 4.74 Å². The first kappa shape index (κ1) is 13.1. The van der Waals surface area contributed by atoms with Crippen molar-refractivity contribution in [1.29, 1.82) is 0 Å². The van der Waals surface area contributed by atoms with E-state index >= 15 is 0 Å². The zero-order chi connectivity index (χ0) is 12.1. The molecule has 1 N–H and O–H groups in total. The van der Waals surface area contributed by atoms with Crippen LogP contribution in [0.25, 0.3) is 0 Å². The Morgan fingerprint density at radius 2 is 2.18 bits per heavy atom. The maximum Gasteiger partial charge on any atom is 0.0531 e. The number of piperidine rings is 1. The minimum atomic E-state index is 0.388. The topological polar surface area (TPSA) is 24.5 Å². The quantitative estimate of drug-likeness (QED) is 0.754. The summed E-state index contributed by atoms with van der Waals surface area (Å²) in [6.45, 7) is 9.00. The fraction of sp³-hybridized carbons (Fsp3) is 0.857. The summed E-state index contributed by atoms with van der Waals surface area (Å²) in [4.78, 5) is 2.59. The van der Waals surface area contributed by atoms with Gasteiger partial charge in [-0.1, -0.05) is 11.6 Å². The number of rotatable bonds is 4. The monoisotopic (exact) mass is 238 g/mol. The van der Waals surface area contributed by atoms with Crippen LogP contribution in [0.15, 0.2) is 11.6 Å². The van der Waals surface area contributed by atoms with Gasteiger partial charge in [-0.2, -0.15) is 0 Å². The van der Waals surface area contributed by atoms with Crippen LogP contribution in [-0.4, -0.2) is 51.3 Å². The molecule has 0 bridgehead atoms. The van der Waals surface area contributed by atoms with Gasteiger partial charge in [0.05, 0.1) is 6.61 Å². The van der Waals surface area contributed by atoms with E-state index in [0.717, 1.165) is 26.2 Å². The summed E-state index contributed by atoms with van der Waals surface area (Å²) in [7, 11) is 1.84. The first-order valence-electron chi connectivity index (χ1n) is 6.82. The van der Waals surface area contributed by atoms with Gasteiger partial charge in [0.15, 0.2) is 0 Å². The Labute approximate surface area is 105 Å². The second-order valence-electron chi connectivity index (χ2n) is 5.72. The standard InChI is InChI=1S/C14H26N2O/c1-13-3-9-16(10-4-13)11-14(12-17-2)5-7-15-8-6-14/h3,15H,4-12H2,1-2H3. The van der Waals surface area contributed by atoms with Gasteiger partial charge >= 0.3 is 0 Å². The molecular weight excluding hydrogens is 212 g/mol. The van der Waals surface area contributed by atoms with E-state index in [9.17, 15) is 0 Å². The van der Waals surface area contributed by atoms with Crippen molar-refractivity contribution in [2.24, 2.45) is 5.41 Å². The SMILES string of the molecule is COCC1(CN2CC=C(C)CC2)CCNCC1. The number of ether oxygens (including phenoxy) is 1. The van der Waals surface area contributed by atoms with Crippen LogP contribution in [0.2, 0.25) is 0 Å². The molecule has 0 spiro atoms. The lowest BCUT2D eigenvalue weighted by Gasteiger charge is -2.41. The van der Waals surface area contributed by atoms with Crippen molar-refractivity contribution in [3.05, 3.63) is 11.6 Å². The molecule has 2 aliphatic rings. The fourth-order valence-corrected chi connectivity index (χ4v) is 3.04. The molecule has 0 aromatic rings. The van der Waals surface area contributed by atoms with Crippen LogP contribution in [0.4, 0.5) is 0 Å². The molecule has 0 aromatic heterocycles. The van der Waals surface area contributed by atoms with Crippen molar-refractivity contribution >= 4 is 0 Å². The molecule has 0 aromatic carbocycles. The Morgan fingerprint density at radius 1 is 1.41 bits per heavy atom. The average Bonchev–Trinajstić information content (AvgIpc) is 2.34. The fourth-order valence-electron chi connectivity index (χ4n) is 3.04. The predicted octanol–water partition coefficient (Wildman–Crippen LogP) is 1.65. The van der Waals surface area contributed by atoms with Gasteiger partial charge in [0, 0.05) is 32.2 Å². The van der Waals surface area contributed by atoms with Gasteiger partial charge in [0.25, 0.3) is 0 Å². The smallest absolute Gasteiger partial charge is 0.0531 e. The molecule has 1 saturated heterocycles. The number of nitrogens with zero attached hydrogens (tertiary/aromatic N) is 1. The number of methoxy groups -OCH3 is 1. The van der Waals surface area contributed by atoms with E-state index in [1.807, 2.05) is 7.11 Å². The maximum atomic E-state index is 5.48. The van der Waals surface area contributed by atoms with Crippen LogP contribution >= 0.6 is 0 Å². The second kappa shape index (κ2) is 5.98. The van der Waals surface area contributed by atoms with Gasteiger partial charge in [-0.3, -0.25) is 4.90 Å². The predicted molar refractivity (Wildman–Crippen MR) is 71.2 cm³/mol. The molecule has 0 amide bonds. The summed E-state index contributed by atoms with van der Waals surface area (Å²) in [5.41, 5.74) is 1.94. The van der Waals surface area contributed by atoms with Gasteiger partial charge in [-0.05, 0) is 39.3 Å². The van der Waals surface area contributed by atoms with Crippen molar-refractivity contribution < 1.29 is 4.74 Å². The van der Waals surface area contributed by atoms with Gasteiger partial charge in [0.2, 0.25) is 0 Å². The molecule has 1 fully saturated rings. The first-order chi connectivity index (χ1) is 8.24. The minimum Gasteiger partial charge on any atom is -0.384 e. The van der Waals surface area contributed by atoms with Crippen LogP contribution in [0.5, 0.6) is 0 Å². The summed E-state index contributed by atoms with van der Waals surface area (Å²) in [5.74, 6) is 0. The Balaban J connectivity index is 1.93. The highest BCUT2D eigenvalue weighted by atomic mass is 16.5. The average molecular weight is 238 g/mol. The molecule has 0 aliphatic carbocycles. The lowest BCUT2D eigenvalue weighted by atomic mass is 9.79. The largest absolute Gasteiger partial charge is 0.384 e. The Kier molecular flexibility index (Phi) is 4.60. The summed E-state index contributed by atoms with van der Waals surface area (Å²) >= 11 is 0. The number of hydrogen-bond acceptors (Lipinski definition) is 3. The van der Waals surface area contributed by atoms with E-state index in [-0.39, 0.29) is 0 Å². The van der Waals surface area contributed by atoms with E-state index in [0.29, 0.717) is 5.41 Å². The Bertz CT molecular complexity index is 264. The molecule has 2 rings (SSSR count). The Morgan fingerprint density at radius 3 is 2.76 bits per heavy atom. The molecular formula is C14H26N2O. The van der Waals surface area contributed by atoms with E-state index in [4.69, 9.17) is 4.74 Å². The molecule has 2 heterocycles. The minimum absolute atomic E-state index is 0.388. The zero-order valence-electron chi connectivity index (χ0n) is 11.3. The lowest BCUT2D eigenvalue weighted by Crippen LogP contribution is -2.48. The molecule has 98 valence electrons. The zero-order valence-corrected chi connectivity index (χ0v) is 11.3. The van der Waals surface area contributed by atoms with Crippen LogP contribution in [0, 0.1) is 5.41 Å². The van der Waals surface area contributed by atoms with Crippen molar-refractivity contribution in [2.75, 3.05) is 46.4 Å². The molecule has 3 nitrogen and oxygen atoms in total. The van der Waals surface area contributed by atoms with Gasteiger partial charge in [-0.15, -0.1) is 0 Å². The second-order valence-corrected chi connectivity index (χ2v) is 5.72. The lowest BCUT2D eigenvalue weighted by molar-refractivity contribution is 0.0243. The van der Waals surface area contributed by atoms with Gasteiger partial charge < -0.3 is 10.1 Å². The third kappa shape index (κ3) is 3.54. The van der Waals surface area contributed by atoms with E-state index in [1.165, 1.54) is 32.4 Å². The van der Waals surface area contributed by atoms with Gasteiger partial charge in [0.1, 0.15) is 0 Å².